The zero-order valence-electron chi connectivity index (χ0n) is 10.5. The number of rotatable bonds is 2. The minimum atomic E-state index is 0.468. The van der Waals surface area contributed by atoms with Gasteiger partial charge in [0.1, 0.15) is 0 Å². The number of nitrogens with zero attached hydrogens (tertiary/aromatic N) is 3. The van der Waals surface area contributed by atoms with Crippen LogP contribution in [0.15, 0.2) is 28.5 Å². The summed E-state index contributed by atoms with van der Waals surface area (Å²) in [7, 11) is 4.29. The number of hydrogen-bond acceptors (Lipinski definition) is 3. The van der Waals surface area contributed by atoms with E-state index in [2.05, 4.69) is 54.3 Å². The largest absolute Gasteiger partial charge is 0.371 e. The van der Waals surface area contributed by atoms with Gasteiger partial charge in [-0.1, -0.05) is 13.0 Å². The van der Waals surface area contributed by atoms with E-state index in [1.807, 2.05) is 0 Å². The van der Waals surface area contributed by atoms with E-state index in [9.17, 15) is 0 Å². The molecule has 88 valence electrons. The van der Waals surface area contributed by atoms with Gasteiger partial charge in [-0.15, -0.1) is 0 Å². The average molecular weight is 219 g/mol. The van der Waals surface area contributed by atoms with Crippen LogP contribution in [0, 0.1) is 0 Å². The predicted octanol–water partition coefficient (Wildman–Crippen LogP) is 1.88. The first kappa shape index (κ1) is 11.4. The van der Waals surface area contributed by atoms with Crippen LogP contribution in [0.3, 0.4) is 0 Å². The van der Waals surface area contributed by atoms with Crippen LogP contribution in [0.2, 0.25) is 0 Å². The van der Waals surface area contributed by atoms with Crippen molar-refractivity contribution < 1.29 is 0 Å². The maximum absolute atomic E-state index is 4.59. The molecule has 16 heavy (non-hydrogen) atoms. The standard InChI is InChI=1S/C13H21N3/c1-4-12-9-14-13(10-16(12)3)11-5-7-15(2)8-6-11/h5,9-10,12H,4,6-8H2,1-3H3. The van der Waals surface area contributed by atoms with Gasteiger partial charge in [0.2, 0.25) is 0 Å². The predicted molar refractivity (Wildman–Crippen MR) is 68.6 cm³/mol. The summed E-state index contributed by atoms with van der Waals surface area (Å²) >= 11 is 0. The summed E-state index contributed by atoms with van der Waals surface area (Å²) in [6.45, 7) is 4.38. The fraction of sp³-hybridized carbons (Fsp3) is 0.615. The molecule has 2 aliphatic heterocycles. The van der Waals surface area contributed by atoms with Crippen LogP contribution in [0.4, 0.5) is 0 Å². The first-order valence-electron chi connectivity index (χ1n) is 6.06. The minimum absolute atomic E-state index is 0.468. The molecule has 0 radical (unpaired) electrons. The van der Waals surface area contributed by atoms with E-state index in [0.29, 0.717) is 6.04 Å². The van der Waals surface area contributed by atoms with Crippen molar-refractivity contribution in [3.8, 4) is 0 Å². The van der Waals surface area contributed by atoms with Gasteiger partial charge in [-0.3, -0.25) is 4.99 Å². The van der Waals surface area contributed by atoms with Gasteiger partial charge in [0.25, 0.3) is 0 Å². The highest BCUT2D eigenvalue weighted by Gasteiger charge is 2.17. The highest BCUT2D eigenvalue weighted by molar-refractivity contribution is 5.68. The number of aliphatic imine (C=N–C) groups is 1. The summed E-state index contributed by atoms with van der Waals surface area (Å²) in [6.07, 6.45) is 8.79. The summed E-state index contributed by atoms with van der Waals surface area (Å²) in [5.74, 6) is 0. The Balaban J connectivity index is 2.09. The summed E-state index contributed by atoms with van der Waals surface area (Å²) in [5.41, 5.74) is 2.55. The lowest BCUT2D eigenvalue weighted by Crippen LogP contribution is -2.31. The fourth-order valence-electron chi connectivity index (χ4n) is 2.16. The van der Waals surface area contributed by atoms with Crippen LogP contribution >= 0.6 is 0 Å². The van der Waals surface area contributed by atoms with Gasteiger partial charge in [0, 0.05) is 32.6 Å². The Morgan fingerprint density at radius 1 is 1.44 bits per heavy atom. The maximum Gasteiger partial charge on any atom is 0.0814 e. The quantitative estimate of drug-likeness (QED) is 0.706. The maximum atomic E-state index is 4.59. The molecule has 0 aromatic carbocycles. The lowest BCUT2D eigenvalue weighted by atomic mass is 10.0. The monoisotopic (exact) mass is 219 g/mol. The molecule has 0 aliphatic carbocycles. The van der Waals surface area contributed by atoms with Crippen LogP contribution in [0.5, 0.6) is 0 Å². The zero-order chi connectivity index (χ0) is 11.5. The second-order valence-electron chi connectivity index (χ2n) is 4.68. The molecule has 0 spiro atoms. The summed E-state index contributed by atoms with van der Waals surface area (Å²) < 4.78 is 0. The molecule has 0 saturated carbocycles. The van der Waals surface area contributed by atoms with Crippen LogP contribution in [-0.4, -0.2) is 49.2 Å². The molecule has 0 N–H and O–H groups in total. The van der Waals surface area contributed by atoms with Crippen LogP contribution in [0.1, 0.15) is 19.8 Å². The van der Waals surface area contributed by atoms with Gasteiger partial charge < -0.3 is 9.80 Å². The van der Waals surface area contributed by atoms with Gasteiger partial charge in [0.05, 0.1) is 11.7 Å². The van der Waals surface area contributed by atoms with Crippen molar-refractivity contribution >= 4 is 6.21 Å². The SMILES string of the molecule is CCC1C=NC(C2=CCN(C)CC2)=CN1C. The topological polar surface area (TPSA) is 18.8 Å². The van der Waals surface area contributed by atoms with E-state index in [0.717, 1.165) is 31.6 Å². The molecule has 2 aliphatic rings. The molecule has 0 aromatic rings. The van der Waals surface area contributed by atoms with E-state index in [1.54, 1.807) is 0 Å². The van der Waals surface area contributed by atoms with Crippen molar-refractivity contribution in [3.05, 3.63) is 23.5 Å². The normalized spacial score (nSPS) is 26.7. The fourth-order valence-corrected chi connectivity index (χ4v) is 2.16. The molecule has 0 bridgehead atoms. The molecule has 1 atom stereocenters. The van der Waals surface area contributed by atoms with Crippen LogP contribution in [-0.2, 0) is 0 Å². The van der Waals surface area contributed by atoms with E-state index >= 15 is 0 Å². The highest BCUT2D eigenvalue weighted by Crippen LogP contribution is 2.22. The zero-order valence-corrected chi connectivity index (χ0v) is 10.5. The van der Waals surface area contributed by atoms with E-state index in [-0.39, 0.29) is 0 Å². The third-order valence-electron chi connectivity index (χ3n) is 3.39. The van der Waals surface area contributed by atoms with Crippen molar-refractivity contribution in [2.24, 2.45) is 4.99 Å². The molecule has 0 aromatic heterocycles. The molecule has 0 amide bonds. The molecule has 0 saturated heterocycles. The van der Waals surface area contributed by atoms with Gasteiger partial charge in [-0.05, 0) is 25.5 Å². The van der Waals surface area contributed by atoms with Crippen molar-refractivity contribution in [2.45, 2.75) is 25.8 Å². The molecule has 2 rings (SSSR count). The summed E-state index contributed by atoms with van der Waals surface area (Å²) in [4.78, 5) is 9.18. The van der Waals surface area contributed by atoms with Crippen molar-refractivity contribution in [1.82, 2.24) is 9.80 Å². The average Bonchev–Trinajstić information content (AvgIpc) is 2.30. The third kappa shape index (κ3) is 2.35. The van der Waals surface area contributed by atoms with Gasteiger partial charge >= 0.3 is 0 Å². The smallest absolute Gasteiger partial charge is 0.0814 e. The number of hydrogen-bond donors (Lipinski definition) is 0. The van der Waals surface area contributed by atoms with Gasteiger partial charge in [-0.25, -0.2) is 0 Å². The van der Waals surface area contributed by atoms with E-state index in [1.165, 1.54) is 5.57 Å². The second kappa shape index (κ2) is 4.83. The Bertz CT molecular complexity index is 341. The lowest BCUT2D eigenvalue weighted by molar-refractivity contribution is 0.357. The van der Waals surface area contributed by atoms with Crippen molar-refractivity contribution in [2.75, 3.05) is 27.2 Å². The lowest BCUT2D eigenvalue weighted by Gasteiger charge is -2.29. The Hall–Kier alpha value is -1.09. The molecule has 0 fully saturated rings. The first-order chi connectivity index (χ1) is 7.70. The number of likely N-dealkylation sites (N-methyl/N-ethyl adjacent to an activating group) is 1. The summed E-state index contributed by atoms with van der Waals surface area (Å²) in [6, 6.07) is 0.468. The third-order valence-corrected chi connectivity index (χ3v) is 3.39. The molecular formula is C13H21N3. The Morgan fingerprint density at radius 2 is 2.25 bits per heavy atom. The minimum Gasteiger partial charge on any atom is -0.371 e. The van der Waals surface area contributed by atoms with Crippen molar-refractivity contribution in [1.29, 1.82) is 0 Å². The van der Waals surface area contributed by atoms with Gasteiger partial charge in [0.15, 0.2) is 0 Å². The first-order valence-corrected chi connectivity index (χ1v) is 6.06. The Morgan fingerprint density at radius 3 is 2.81 bits per heavy atom. The molecule has 1 unspecified atom stereocenters. The van der Waals surface area contributed by atoms with Crippen molar-refractivity contribution in [3.63, 3.8) is 0 Å². The van der Waals surface area contributed by atoms with Crippen LogP contribution < -0.4 is 0 Å². The van der Waals surface area contributed by atoms with E-state index < -0.39 is 0 Å². The Kier molecular flexibility index (Phi) is 3.44. The molecule has 3 nitrogen and oxygen atoms in total. The van der Waals surface area contributed by atoms with E-state index in [4.69, 9.17) is 0 Å². The number of allylic oxidation sites excluding steroid dienone is 1. The van der Waals surface area contributed by atoms with Gasteiger partial charge in [-0.2, -0.15) is 0 Å². The molecule has 3 heteroatoms. The second-order valence-corrected chi connectivity index (χ2v) is 4.68. The summed E-state index contributed by atoms with van der Waals surface area (Å²) in [5, 5.41) is 0. The van der Waals surface area contributed by atoms with Crippen LogP contribution in [0.25, 0.3) is 0 Å². The molecule has 2 heterocycles. The molecular weight excluding hydrogens is 198 g/mol. The highest BCUT2D eigenvalue weighted by atomic mass is 15.1. The Labute approximate surface area is 98.1 Å².